The molecule has 102 valence electrons. The first-order valence-corrected chi connectivity index (χ1v) is 6.32. The van der Waals surface area contributed by atoms with Crippen molar-refractivity contribution in [3.8, 4) is 5.75 Å². The van der Waals surface area contributed by atoms with Gasteiger partial charge in [0.25, 0.3) is 11.8 Å². The summed E-state index contributed by atoms with van der Waals surface area (Å²) in [5.41, 5.74) is 1.30. The van der Waals surface area contributed by atoms with Gasteiger partial charge in [-0.3, -0.25) is 14.7 Å². The fourth-order valence-corrected chi connectivity index (χ4v) is 2.55. The Kier molecular flexibility index (Phi) is 2.18. The van der Waals surface area contributed by atoms with E-state index in [2.05, 4.69) is 10.2 Å². The summed E-state index contributed by atoms with van der Waals surface area (Å²) in [6.45, 7) is 0. The van der Waals surface area contributed by atoms with Gasteiger partial charge in [-0.2, -0.15) is 5.10 Å². The summed E-state index contributed by atoms with van der Waals surface area (Å²) in [6, 6.07) is 11.3. The second-order valence-corrected chi connectivity index (χ2v) is 4.77. The third-order valence-corrected chi connectivity index (χ3v) is 3.53. The van der Waals surface area contributed by atoms with Crippen LogP contribution >= 0.6 is 0 Å². The molecule has 6 nitrogen and oxygen atoms in total. The summed E-state index contributed by atoms with van der Waals surface area (Å²) in [7, 11) is 0. The highest BCUT2D eigenvalue weighted by Gasteiger charge is 2.38. The summed E-state index contributed by atoms with van der Waals surface area (Å²) >= 11 is 0. The minimum Gasteiger partial charge on any atom is -0.508 e. The van der Waals surface area contributed by atoms with Crippen molar-refractivity contribution in [1.29, 1.82) is 0 Å². The van der Waals surface area contributed by atoms with Crippen LogP contribution in [-0.4, -0.2) is 27.1 Å². The standard InChI is InChI=1S/C15H9N3O3/c19-8-5-6-11-12(7-8)16-17-13(11)18-14(20)9-3-1-2-4-10(9)15(18)21/h1-7,19H,(H,16,17). The predicted molar refractivity (Wildman–Crippen MR) is 75.3 cm³/mol. The molecule has 0 radical (unpaired) electrons. The van der Waals surface area contributed by atoms with Crippen molar-refractivity contribution in [1.82, 2.24) is 10.2 Å². The van der Waals surface area contributed by atoms with E-state index in [1.54, 1.807) is 30.3 Å². The van der Waals surface area contributed by atoms with Gasteiger partial charge in [-0.15, -0.1) is 0 Å². The summed E-state index contributed by atoms with van der Waals surface area (Å²) in [4.78, 5) is 25.9. The van der Waals surface area contributed by atoms with E-state index in [9.17, 15) is 14.7 Å². The minimum atomic E-state index is -0.392. The number of imide groups is 1. The number of rotatable bonds is 1. The van der Waals surface area contributed by atoms with E-state index in [1.807, 2.05) is 0 Å². The van der Waals surface area contributed by atoms with Gasteiger partial charge in [0.05, 0.1) is 16.6 Å². The molecule has 2 N–H and O–H groups in total. The highest BCUT2D eigenvalue weighted by molar-refractivity contribution is 6.35. The normalized spacial score (nSPS) is 14.0. The fraction of sp³-hybridized carbons (Fsp3) is 0. The Morgan fingerprint density at radius 2 is 1.67 bits per heavy atom. The topological polar surface area (TPSA) is 86.3 Å². The monoisotopic (exact) mass is 279 g/mol. The number of hydrogen-bond acceptors (Lipinski definition) is 4. The van der Waals surface area contributed by atoms with Crippen molar-refractivity contribution < 1.29 is 14.7 Å². The molecule has 2 heterocycles. The first-order valence-electron chi connectivity index (χ1n) is 6.32. The maximum absolute atomic E-state index is 12.4. The van der Waals surface area contributed by atoms with Crippen LogP contribution in [0, 0.1) is 0 Å². The Morgan fingerprint density at radius 1 is 1.00 bits per heavy atom. The summed E-state index contributed by atoms with van der Waals surface area (Å²) in [5, 5.41) is 16.8. The van der Waals surface area contributed by atoms with Gasteiger partial charge in [0.1, 0.15) is 5.75 Å². The minimum absolute atomic E-state index is 0.0834. The average Bonchev–Trinajstić information content (AvgIpc) is 2.99. The van der Waals surface area contributed by atoms with Crippen LogP contribution in [0.15, 0.2) is 42.5 Å². The first-order chi connectivity index (χ1) is 10.2. The van der Waals surface area contributed by atoms with Crippen LogP contribution in [0.1, 0.15) is 20.7 Å². The molecule has 6 heteroatoms. The van der Waals surface area contributed by atoms with Crippen molar-refractivity contribution in [3.05, 3.63) is 53.6 Å². The Labute approximate surface area is 118 Å². The van der Waals surface area contributed by atoms with Gasteiger partial charge < -0.3 is 5.11 Å². The Hall–Kier alpha value is -3.15. The number of aromatic hydroxyl groups is 1. The third-order valence-electron chi connectivity index (χ3n) is 3.53. The molecule has 2 aromatic carbocycles. The van der Waals surface area contributed by atoms with E-state index in [0.717, 1.165) is 4.90 Å². The molecular formula is C15H9N3O3. The zero-order valence-electron chi connectivity index (χ0n) is 10.7. The van der Waals surface area contributed by atoms with Gasteiger partial charge in [-0.25, -0.2) is 4.90 Å². The second kappa shape index (κ2) is 3.92. The summed E-state index contributed by atoms with van der Waals surface area (Å²) in [5.74, 6) is -0.453. The molecule has 0 fully saturated rings. The molecule has 3 aromatic rings. The number of nitrogens with zero attached hydrogens (tertiary/aromatic N) is 2. The lowest BCUT2D eigenvalue weighted by Crippen LogP contribution is -2.29. The van der Waals surface area contributed by atoms with E-state index < -0.39 is 11.8 Å². The summed E-state index contributed by atoms with van der Waals surface area (Å²) in [6.07, 6.45) is 0. The van der Waals surface area contributed by atoms with Crippen molar-refractivity contribution in [3.63, 3.8) is 0 Å². The van der Waals surface area contributed by atoms with Crippen LogP contribution < -0.4 is 4.90 Å². The van der Waals surface area contributed by atoms with E-state index in [4.69, 9.17) is 0 Å². The van der Waals surface area contributed by atoms with Crippen LogP contribution in [0.4, 0.5) is 5.82 Å². The maximum Gasteiger partial charge on any atom is 0.267 e. The van der Waals surface area contributed by atoms with Crippen LogP contribution in [0.2, 0.25) is 0 Å². The highest BCUT2D eigenvalue weighted by atomic mass is 16.3. The number of hydrogen-bond donors (Lipinski definition) is 2. The van der Waals surface area contributed by atoms with E-state index in [0.29, 0.717) is 22.0 Å². The van der Waals surface area contributed by atoms with Crippen LogP contribution in [0.5, 0.6) is 5.75 Å². The van der Waals surface area contributed by atoms with Gasteiger partial charge in [0.15, 0.2) is 5.82 Å². The van der Waals surface area contributed by atoms with Gasteiger partial charge in [-0.05, 0) is 24.3 Å². The molecule has 0 unspecified atom stereocenters. The number of aromatic amines is 1. The highest BCUT2D eigenvalue weighted by Crippen LogP contribution is 2.32. The van der Waals surface area contributed by atoms with Crippen molar-refractivity contribution >= 4 is 28.5 Å². The molecule has 0 bridgehead atoms. The molecule has 2 amide bonds. The number of nitrogens with one attached hydrogen (secondary N) is 1. The van der Waals surface area contributed by atoms with E-state index >= 15 is 0 Å². The zero-order chi connectivity index (χ0) is 14.6. The molecule has 0 atom stereocenters. The number of anilines is 1. The lowest BCUT2D eigenvalue weighted by Gasteiger charge is -2.10. The third kappa shape index (κ3) is 1.50. The van der Waals surface area contributed by atoms with Gasteiger partial charge in [-0.1, -0.05) is 12.1 Å². The van der Waals surface area contributed by atoms with Crippen molar-refractivity contribution in [2.24, 2.45) is 0 Å². The number of carbonyl (C=O) groups is 2. The number of phenols is 1. The second-order valence-electron chi connectivity index (χ2n) is 4.77. The molecule has 0 saturated heterocycles. The van der Waals surface area contributed by atoms with Gasteiger partial charge in [0, 0.05) is 11.5 Å². The lowest BCUT2D eigenvalue weighted by atomic mass is 10.1. The fourth-order valence-electron chi connectivity index (χ4n) is 2.55. The molecular weight excluding hydrogens is 270 g/mol. The molecule has 21 heavy (non-hydrogen) atoms. The number of amides is 2. The number of aromatic nitrogens is 2. The van der Waals surface area contributed by atoms with E-state index in [-0.39, 0.29) is 11.6 Å². The van der Waals surface area contributed by atoms with Crippen LogP contribution in [-0.2, 0) is 0 Å². The lowest BCUT2D eigenvalue weighted by molar-refractivity contribution is 0.0925. The maximum atomic E-state index is 12.4. The number of phenolic OH excluding ortho intramolecular Hbond substituents is 1. The zero-order valence-corrected chi connectivity index (χ0v) is 10.7. The number of fused-ring (bicyclic) bond motifs is 2. The molecule has 1 aromatic heterocycles. The molecule has 4 rings (SSSR count). The molecule has 0 spiro atoms. The molecule has 0 saturated carbocycles. The Balaban J connectivity index is 1.91. The van der Waals surface area contributed by atoms with Gasteiger partial charge >= 0.3 is 0 Å². The summed E-state index contributed by atoms with van der Waals surface area (Å²) < 4.78 is 0. The Bertz CT molecular complexity index is 878. The van der Waals surface area contributed by atoms with E-state index in [1.165, 1.54) is 12.1 Å². The molecule has 1 aliphatic rings. The predicted octanol–water partition coefficient (Wildman–Crippen LogP) is 2.07. The van der Waals surface area contributed by atoms with Crippen molar-refractivity contribution in [2.45, 2.75) is 0 Å². The average molecular weight is 279 g/mol. The van der Waals surface area contributed by atoms with Crippen LogP contribution in [0.3, 0.4) is 0 Å². The molecule has 1 aliphatic heterocycles. The number of carbonyl (C=O) groups excluding carboxylic acids is 2. The smallest absolute Gasteiger partial charge is 0.267 e. The van der Waals surface area contributed by atoms with Crippen LogP contribution in [0.25, 0.3) is 10.9 Å². The SMILES string of the molecule is O=C1c2ccccc2C(=O)N1c1n[nH]c2cc(O)ccc12. The first kappa shape index (κ1) is 11.7. The quantitative estimate of drug-likeness (QED) is 0.668. The molecule has 0 aliphatic carbocycles. The van der Waals surface area contributed by atoms with Gasteiger partial charge in [0.2, 0.25) is 0 Å². The largest absolute Gasteiger partial charge is 0.508 e. The van der Waals surface area contributed by atoms with Crippen molar-refractivity contribution in [2.75, 3.05) is 4.90 Å². The Morgan fingerprint density at radius 3 is 2.33 bits per heavy atom. The number of H-pyrrole nitrogens is 1. The number of benzene rings is 2.